The summed E-state index contributed by atoms with van der Waals surface area (Å²) >= 11 is 0. The third-order valence-electron chi connectivity index (χ3n) is 3.59. The smallest absolute Gasteiger partial charge is 0.179 e. The summed E-state index contributed by atoms with van der Waals surface area (Å²) in [7, 11) is 1.55. The lowest BCUT2D eigenvalue weighted by Crippen LogP contribution is -2.47. The molecule has 19 heavy (non-hydrogen) atoms. The van der Waals surface area contributed by atoms with E-state index in [1.54, 1.807) is 7.05 Å². The molecule has 0 spiro atoms. The highest BCUT2D eigenvalue weighted by atomic mass is 19.1. The predicted molar refractivity (Wildman–Crippen MR) is 71.9 cm³/mol. The molecule has 2 atom stereocenters. The lowest BCUT2D eigenvalue weighted by molar-refractivity contribution is 0.134. The minimum Gasteiger partial charge on any atom is -0.371 e. The molecule has 2 N–H and O–H groups in total. The van der Waals surface area contributed by atoms with Crippen LogP contribution in [-0.2, 0) is 0 Å². The van der Waals surface area contributed by atoms with Gasteiger partial charge in [-0.05, 0) is 26.7 Å². The summed E-state index contributed by atoms with van der Waals surface area (Å²) in [6.07, 6.45) is 3.28. The zero-order valence-electron chi connectivity index (χ0n) is 11.5. The van der Waals surface area contributed by atoms with Gasteiger partial charge >= 0.3 is 0 Å². The summed E-state index contributed by atoms with van der Waals surface area (Å²) in [5, 5.41) is 4.60. The highest BCUT2D eigenvalue weighted by Gasteiger charge is 2.26. The van der Waals surface area contributed by atoms with Crippen molar-refractivity contribution in [1.82, 2.24) is 9.99 Å². The van der Waals surface area contributed by atoms with Gasteiger partial charge in [0.05, 0.1) is 0 Å². The van der Waals surface area contributed by atoms with Crippen LogP contribution in [-0.4, -0.2) is 29.1 Å². The Balaban J connectivity index is 2.22. The average Bonchev–Trinajstić information content (AvgIpc) is 2.36. The second-order valence-electron chi connectivity index (χ2n) is 5.05. The van der Waals surface area contributed by atoms with Gasteiger partial charge in [0, 0.05) is 25.2 Å². The van der Waals surface area contributed by atoms with Crippen molar-refractivity contribution in [3.8, 4) is 0 Å². The Labute approximate surface area is 112 Å². The number of rotatable bonds is 3. The molecule has 0 saturated carbocycles. The Bertz CT molecular complexity index is 443. The van der Waals surface area contributed by atoms with Gasteiger partial charge in [-0.1, -0.05) is 6.42 Å². The highest BCUT2D eigenvalue weighted by molar-refractivity contribution is 5.46. The lowest BCUT2D eigenvalue weighted by atomic mass is 10.00. The van der Waals surface area contributed by atoms with Crippen LogP contribution in [0.4, 0.5) is 20.4 Å². The Morgan fingerprint density at radius 3 is 2.32 bits per heavy atom. The van der Waals surface area contributed by atoms with Crippen molar-refractivity contribution >= 4 is 11.6 Å². The molecule has 1 fully saturated rings. The van der Waals surface area contributed by atoms with E-state index in [0.29, 0.717) is 12.1 Å². The van der Waals surface area contributed by atoms with Gasteiger partial charge in [0.1, 0.15) is 0 Å². The van der Waals surface area contributed by atoms with Crippen LogP contribution in [0.15, 0.2) is 6.07 Å². The highest BCUT2D eigenvalue weighted by Crippen LogP contribution is 2.25. The first-order chi connectivity index (χ1) is 9.02. The number of pyridine rings is 1. The van der Waals surface area contributed by atoms with Gasteiger partial charge < -0.3 is 10.7 Å². The van der Waals surface area contributed by atoms with Crippen molar-refractivity contribution < 1.29 is 8.78 Å². The molecule has 0 aliphatic carbocycles. The monoisotopic (exact) mass is 270 g/mol. The fraction of sp³-hybridized carbons (Fsp3) is 0.615. The van der Waals surface area contributed by atoms with Crippen LogP contribution in [0.25, 0.3) is 0 Å². The van der Waals surface area contributed by atoms with Crippen LogP contribution >= 0.6 is 0 Å². The fourth-order valence-electron chi connectivity index (χ4n) is 2.48. The molecule has 106 valence electrons. The zero-order chi connectivity index (χ0) is 14.0. The maximum atomic E-state index is 13.8. The molecule has 4 nitrogen and oxygen atoms in total. The fourth-order valence-corrected chi connectivity index (χ4v) is 2.48. The summed E-state index contributed by atoms with van der Waals surface area (Å²) in [6.45, 7) is 4.17. The first-order valence-corrected chi connectivity index (χ1v) is 6.61. The summed E-state index contributed by atoms with van der Waals surface area (Å²) in [5.74, 6) is -1.26. The standard InChI is InChI=1S/C13H20F2N4/c1-8-5-4-6-9(2)19(8)18-13-11(15)7-10(14)12(16-3)17-13/h7-9H,4-6H2,1-3H3,(H2,16,17,18). The quantitative estimate of drug-likeness (QED) is 0.886. The number of hydrogen-bond acceptors (Lipinski definition) is 4. The molecule has 0 aromatic carbocycles. The van der Waals surface area contributed by atoms with E-state index in [2.05, 4.69) is 29.6 Å². The van der Waals surface area contributed by atoms with E-state index in [9.17, 15) is 8.78 Å². The van der Waals surface area contributed by atoms with Gasteiger partial charge in [0.15, 0.2) is 23.3 Å². The number of aromatic nitrogens is 1. The summed E-state index contributed by atoms with van der Waals surface area (Å²) < 4.78 is 27.1. The SMILES string of the molecule is CNc1nc(NN2C(C)CCCC2C)c(F)cc1F. The van der Waals surface area contributed by atoms with Gasteiger partial charge in [-0.3, -0.25) is 0 Å². The molecule has 0 bridgehead atoms. The van der Waals surface area contributed by atoms with Gasteiger partial charge in [0.25, 0.3) is 0 Å². The minimum absolute atomic E-state index is 0.0428. The van der Waals surface area contributed by atoms with Crippen LogP contribution in [0, 0.1) is 11.6 Å². The predicted octanol–water partition coefficient (Wildman–Crippen LogP) is 2.99. The third kappa shape index (κ3) is 2.94. The van der Waals surface area contributed by atoms with Gasteiger partial charge in [-0.25, -0.2) is 18.8 Å². The van der Waals surface area contributed by atoms with Gasteiger partial charge in [0.2, 0.25) is 0 Å². The van der Waals surface area contributed by atoms with Crippen LogP contribution in [0.2, 0.25) is 0 Å². The molecule has 0 amide bonds. The molecule has 2 rings (SSSR count). The number of nitrogens with zero attached hydrogens (tertiary/aromatic N) is 2. The topological polar surface area (TPSA) is 40.2 Å². The number of anilines is 2. The Kier molecular flexibility index (Phi) is 4.19. The number of piperidine rings is 1. The largest absolute Gasteiger partial charge is 0.371 e. The van der Waals surface area contributed by atoms with E-state index in [1.807, 2.05) is 5.01 Å². The molecule has 2 unspecified atom stereocenters. The maximum Gasteiger partial charge on any atom is 0.179 e. The van der Waals surface area contributed by atoms with Crippen molar-refractivity contribution in [3.63, 3.8) is 0 Å². The van der Waals surface area contributed by atoms with E-state index in [0.717, 1.165) is 18.9 Å². The maximum absolute atomic E-state index is 13.8. The zero-order valence-corrected chi connectivity index (χ0v) is 11.5. The van der Waals surface area contributed by atoms with E-state index in [-0.39, 0.29) is 11.6 Å². The number of nitrogens with one attached hydrogen (secondary N) is 2. The van der Waals surface area contributed by atoms with Gasteiger partial charge in [-0.2, -0.15) is 0 Å². The first-order valence-electron chi connectivity index (χ1n) is 6.61. The molecule has 1 aliphatic heterocycles. The van der Waals surface area contributed by atoms with Crippen LogP contribution in [0.5, 0.6) is 0 Å². The molecule has 1 saturated heterocycles. The molecule has 2 heterocycles. The average molecular weight is 270 g/mol. The Hall–Kier alpha value is -1.43. The Morgan fingerprint density at radius 2 is 1.74 bits per heavy atom. The number of halogens is 2. The molecule has 1 aromatic rings. The summed E-state index contributed by atoms with van der Waals surface area (Å²) in [4.78, 5) is 3.94. The number of hydrogen-bond donors (Lipinski definition) is 2. The van der Waals surface area contributed by atoms with Gasteiger partial charge in [-0.15, -0.1) is 0 Å². The van der Waals surface area contributed by atoms with Crippen molar-refractivity contribution in [1.29, 1.82) is 0 Å². The van der Waals surface area contributed by atoms with Crippen LogP contribution in [0.3, 0.4) is 0 Å². The van der Waals surface area contributed by atoms with Crippen LogP contribution < -0.4 is 10.7 Å². The molecule has 1 aliphatic rings. The van der Waals surface area contributed by atoms with E-state index in [4.69, 9.17) is 0 Å². The van der Waals surface area contributed by atoms with Crippen LogP contribution in [0.1, 0.15) is 33.1 Å². The molecule has 6 heteroatoms. The molecular formula is C13H20F2N4. The third-order valence-corrected chi connectivity index (χ3v) is 3.59. The van der Waals surface area contributed by atoms with E-state index >= 15 is 0 Å². The van der Waals surface area contributed by atoms with Crippen molar-refractivity contribution in [2.24, 2.45) is 0 Å². The number of hydrazine groups is 1. The van der Waals surface area contributed by atoms with Crippen molar-refractivity contribution in [3.05, 3.63) is 17.7 Å². The molecule has 0 radical (unpaired) electrons. The van der Waals surface area contributed by atoms with Crippen molar-refractivity contribution in [2.75, 3.05) is 17.8 Å². The molecular weight excluding hydrogens is 250 g/mol. The normalized spacial score (nSPS) is 24.3. The molecule has 1 aromatic heterocycles. The minimum atomic E-state index is -0.690. The van der Waals surface area contributed by atoms with Crippen molar-refractivity contribution in [2.45, 2.75) is 45.2 Å². The lowest BCUT2D eigenvalue weighted by Gasteiger charge is -2.39. The second kappa shape index (κ2) is 5.69. The van der Waals surface area contributed by atoms with E-state index < -0.39 is 11.6 Å². The van der Waals surface area contributed by atoms with E-state index in [1.165, 1.54) is 6.42 Å². The Morgan fingerprint density at radius 1 is 1.16 bits per heavy atom. The summed E-state index contributed by atoms with van der Waals surface area (Å²) in [5.41, 5.74) is 2.99. The first kappa shape index (κ1) is 14.0. The second-order valence-corrected chi connectivity index (χ2v) is 5.05. The summed E-state index contributed by atoms with van der Waals surface area (Å²) in [6, 6.07) is 1.45.